The van der Waals surface area contributed by atoms with Crippen LogP contribution in [0.4, 0.5) is 0 Å². The molecular formula is C21H26ClNO2. The molecule has 1 atom stereocenters. The molecule has 0 aromatic heterocycles. The number of hydrogen-bond acceptors (Lipinski definition) is 2. The largest absolute Gasteiger partial charge is 0.481 e. The summed E-state index contributed by atoms with van der Waals surface area (Å²) in [5.41, 5.74) is 2.36. The number of hydrogen-bond donors (Lipinski definition) is 1. The van der Waals surface area contributed by atoms with Crippen molar-refractivity contribution >= 4 is 17.5 Å². The molecule has 2 rings (SSSR count). The van der Waals surface area contributed by atoms with E-state index in [2.05, 4.69) is 12.2 Å². The van der Waals surface area contributed by atoms with Gasteiger partial charge in [0.2, 0.25) is 0 Å². The Morgan fingerprint density at radius 2 is 1.84 bits per heavy atom. The van der Waals surface area contributed by atoms with Crippen molar-refractivity contribution in [1.29, 1.82) is 0 Å². The van der Waals surface area contributed by atoms with Crippen LogP contribution in [0.2, 0.25) is 5.02 Å². The summed E-state index contributed by atoms with van der Waals surface area (Å²) in [5, 5.41) is 3.74. The lowest BCUT2D eigenvalue weighted by Gasteiger charge is -2.17. The second-order valence-electron chi connectivity index (χ2n) is 6.00. The van der Waals surface area contributed by atoms with E-state index in [1.54, 1.807) is 0 Å². The quantitative estimate of drug-likeness (QED) is 0.652. The van der Waals surface area contributed by atoms with Crippen LogP contribution in [0.3, 0.4) is 0 Å². The molecule has 0 fully saturated rings. The van der Waals surface area contributed by atoms with Gasteiger partial charge in [-0.05, 0) is 55.0 Å². The average molecular weight is 360 g/mol. The minimum atomic E-state index is -0.465. The fraction of sp³-hybridized carbons (Fsp3) is 0.381. The van der Waals surface area contributed by atoms with Gasteiger partial charge in [-0.25, -0.2) is 0 Å². The van der Waals surface area contributed by atoms with E-state index in [1.807, 2.05) is 55.5 Å². The summed E-state index contributed by atoms with van der Waals surface area (Å²) in [7, 11) is 0. The Labute approximate surface area is 155 Å². The van der Waals surface area contributed by atoms with Crippen molar-refractivity contribution in [3.05, 3.63) is 64.7 Å². The number of carbonyl (C=O) groups excluding carboxylic acids is 1. The van der Waals surface area contributed by atoms with Gasteiger partial charge in [-0.15, -0.1) is 0 Å². The lowest BCUT2D eigenvalue weighted by molar-refractivity contribution is -0.128. The number of halogens is 1. The highest BCUT2D eigenvalue weighted by molar-refractivity contribution is 6.31. The molecule has 0 spiro atoms. The van der Waals surface area contributed by atoms with Gasteiger partial charge in [0.1, 0.15) is 5.75 Å². The maximum atomic E-state index is 12.3. The minimum absolute atomic E-state index is 0.0683. The molecule has 25 heavy (non-hydrogen) atoms. The van der Waals surface area contributed by atoms with E-state index < -0.39 is 6.10 Å². The highest BCUT2D eigenvalue weighted by Gasteiger charge is 2.17. The molecule has 0 saturated carbocycles. The second kappa shape index (κ2) is 10.1. The molecule has 3 nitrogen and oxygen atoms in total. The van der Waals surface area contributed by atoms with Crippen LogP contribution in [-0.2, 0) is 17.6 Å². The number of amides is 1. The Hall–Kier alpha value is -2.00. The lowest BCUT2D eigenvalue weighted by Crippen LogP contribution is -2.38. The van der Waals surface area contributed by atoms with Crippen LogP contribution < -0.4 is 10.1 Å². The highest BCUT2D eigenvalue weighted by Crippen LogP contribution is 2.17. The molecular weight excluding hydrogens is 334 g/mol. The standard InChI is InChI=1S/C21H26ClNO2/c1-3-16-11-13-18(14-12-16)25-20(4-2)21(24)23-15-7-9-17-8-5-6-10-19(17)22/h5-6,8,10-14,20H,3-4,7,9,15H2,1-2H3,(H,23,24)/t20-/m1/s1. The molecule has 2 aromatic rings. The Morgan fingerprint density at radius 1 is 1.12 bits per heavy atom. The Bertz CT molecular complexity index is 670. The summed E-state index contributed by atoms with van der Waals surface area (Å²) in [5.74, 6) is 0.663. The van der Waals surface area contributed by atoms with Crippen molar-refractivity contribution in [3.63, 3.8) is 0 Å². The number of benzene rings is 2. The van der Waals surface area contributed by atoms with Crippen LogP contribution >= 0.6 is 11.6 Å². The van der Waals surface area contributed by atoms with E-state index in [1.165, 1.54) is 5.56 Å². The van der Waals surface area contributed by atoms with Gasteiger partial charge in [-0.2, -0.15) is 0 Å². The summed E-state index contributed by atoms with van der Waals surface area (Å²) in [6.07, 6.45) is 2.84. The number of ether oxygens (including phenoxy) is 1. The summed E-state index contributed by atoms with van der Waals surface area (Å²) < 4.78 is 5.83. The van der Waals surface area contributed by atoms with Crippen molar-refractivity contribution in [2.45, 2.75) is 45.6 Å². The van der Waals surface area contributed by atoms with Gasteiger partial charge in [0.15, 0.2) is 6.10 Å². The highest BCUT2D eigenvalue weighted by atomic mass is 35.5. The van der Waals surface area contributed by atoms with Crippen molar-refractivity contribution in [3.8, 4) is 5.75 Å². The Balaban J connectivity index is 1.78. The monoisotopic (exact) mass is 359 g/mol. The fourth-order valence-electron chi connectivity index (χ4n) is 2.60. The zero-order valence-electron chi connectivity index (χ0n) is 14.9. The minimum Gasteiger partial charge on any atom is -0.481 e. The van der Waals surface area contributed by atoms with Crippen molar-refractivity contribution in [2.24, 2.45) is 0 Å². The van der Waals surface area contributed by atoms with Gasteiger partial charge in [-0.3, -0.25) is 4.79 Å². The molecule has 0 heterocycles. The molecule has 0 aliphatic heterocycles. The predicted octanol–water partition coefficient (Wildman–Crippen LogP) is 4.81. The van der Waals surface area contributed by atoms with E-state index in [0.29, 0.717) is 13.0 Å². The molecule has 0 aliphatic carbocycles. The first-order valence-electron chi connectivity index (χ1n) is 8.90. The summed E-state index contributed by atoms with van der Waals surface area (Å²) in [6.45, 7) is 4.67. The lowest BCUT2D eigenvalue weighted by atomic mass is 10.1. The van der Waals surface area contributed by atoms with Gasteiger partial charge in [0.05, 0.1) is 0 Å². The van der Waals surface area contributed by atoms with Crippen molar-refractivity contribution in [2.75, 3.05) is 6.54 Å². The molecule has 0 bridgehead atoms. The Kier molecular flexibility index (Phi) is 7.80. The van der Waals surface area contributed by atoms with E-state index in [0.717, 1.165) is 35.6 Å². The smallest absolute Gasteiger partial charge is 0.261 e. The normalized spacial score (nSPS) is 11.8. The van der Waals surface area contributed by atoms with Crippen molar-refractivity contribution in [1.82, 2.24) is 5.32 Å². The van der Waals surface area contributed by atoms with E-state index >= 15 is 0 Å². The zero-order chi connectivity index (χ0) is 18.1. The van der Waals surface area contributed by atoms with Crippen LogP contribution in [0.25, 0.3) is 0 Å². The molecule has 1 N–H and O–H groups in total. The third kappa shape index (κ3) is 6.09. The van der Waals surface area contributed by atoms with E-state index in [4.69, 9.17) is 16.3 Å². The maximum Gasteiger partial charge on any atom is 0.261 e. The van der Waals surface area contributed by atoms with Crippen LogP contribution in [0, 0.1) is 0 Å². The van der Waals surface area contributed by atoms with Crippen LogP contribution in [0.1, 0.15) is 37.8 Å². The first kappa shape index (κ1) is 19.3. The maximum absolute atomic E-state index is 12.3. The first-order chi connectivity index (χ1) is 12.1. The first-order valence-corrected chi connectivity index (χ1v) is 9.28. The SMILES string of the molecule is CCc1ccc(O[C@H](CC)C(=O)NCCCc2ccccc2Cl)cc1. The third-order valence-corrected chi connectivity index (χ3v) is 4.52. The zero-order valence-corrected chi connectivity index (χ0v) is 15.7. The van der Waals surface area contributed by atoms with Gasteiger partial charge in [0.25, 0.3) is 5.91 Å². The van der Waals surface area contributed by atoms with Gasteiger partial charge in [-0.1, -0.05) is 55.8 Å². The average Bonchev–Trinajstić information content (AvgIpc) is 2.65. The predicted molar refractivity (Wildman–Crippen MR) is 103 cm³/mol. The molecule has 0 saturated heterocycles. The van der Waals surface area contributed by atoms with Crippen LogP contribution in [-0.4, -0.2) is 18.6 Å². The van der Waals surface area contributed by atoms with Crippen LogP contribution in [0.15, 0.2) is 48.5 Å². The topological polar surface area (TPSA) is 38.3 Å². The van der Waals surface area contributed by atoms with Gasteiger partial charge in [0, 0.05) is 11.6 Å². The summed E-state index contributed by atoms with van der Waals surface area (Å²) in [6, 6.07) is 15.7. The molecule has 0 unspecified atom stereocenters. The molecule has 1 amide bonds. The number of aryl methyl sites for hydroxylation is 2. The summed E-state index contributed by atoms with van der Waals surface area (Å²) >= 11 is 6.14. The number of carbonyl (C=O) groups is 1. The molecule has 0 radical (unpaired) electrons. The summed E-state index contributed by atoms with van der Waals surface area (Å²) in [4.78, 5) is 12.3. The molecule has 4 heteroatoms. The van der Waals surface area contributed by atoms with Gasteiger partial charge >= 0.3 is 0 Å². The number of rotatable bonds is 9. The van der Waals surface area contributed by atoms with E-state index in [9.17, 15) is 4.79 Å². The third-order valence-electron chi connectivity index (χ3n) is 4.15. The molecule has 2 aromatic carbocycles. The van der Waals surface area contributed by atoms with Crippen molar-refractivity contribution < 1.29 is 9.53 Å². The second-order valence-corrected chi connectivity index (χ2v) is 6.41. The fourth-order valence-corrected chi connectivity index (χ4v) is 2.83. The van der Waals surface area contributed by atoms with Gasteiger partial charge < -0.3 is 10.1 Å². The van der Waals surface area contributed by atoms with Crippen LogP contribution in [0.5, 0.6) is 5.75 Å². The molecule has 134 valence electrons. The number of nitrogens with one attached hydrogen (secondary N) is 1. The van der Waals surface area contributed by atoms with E-state index in [-0.39, 0.29) is 5.91 Å². The Morgan fingerprint density at radius 3 is 2.48 bits per heavy atom. The molecule has 0 aliphatic rings.